The normalized spacial score (nSPS) is 26.1. The van der Waals surface area contributed by atoms with Crippen LogP contribution >= 0.6 is 23.5 Å². The van der Waals surface area contributed by atoms with Gasteiger partial charge in [-0.05, 0) is 91.9 Å². The van der Waals surface area contributed by atoms with Crippen LogP contribution in [0.1, 0.15) is 124 Å². The minimum absolute atomic E-state index is 0.583. The summed E-state index contributed by atoms with van der Waals surface area (Å²) in [5.74, 6) is -1.35. The van der Waals surface area contributed by atoms with Gasteiger partial charge < -0.3 is 10.2 Å². The monoisotopic (exact) mass is 500 g/mol. The van der Waals surface area contributed by atoms with E-state index in [9.17, 15) is 19.8 Å². The number of rotatable bonds is 16. The smallest absolute Gasteiger partial charge is 0.309 e. The summed E-state index contributed by atoms with van der Waals surface area (Å²) in [6.07, 6.45) is 17.9. The third kappa shape index (κ3) is 10.4. The van der Waals surface area contributed by atoms with E-state index in [2.05, 4.69) is 23.5 Å². The van der Waals surface area contributed by atoms with Crippen LogP contribution in [0.4, 0.5) is 0 Å². The number of hydrogen-bond acceptors (Lipinski definition) is 4. The third-order valence-corrected chi connectivity index (χ3v) is 11.2. The van der Waals surface area contributed by atoms with Gasteiger partial charge in [-0.25, -0.2) is 0 Å². The molecule has 192 valence electrons. The molecule has 0 bridgehead atoms. The van der Waals surface area contributed by atoms with Crippen LogP contribution in [0, 0.1) is 10.8 Å². The van der Waals surface area contributed by atoms with Crippen molar-refractivity contribution in [2.24, 2.45) is 10.8 Å². The predicted molar refractivity (Wildman–Crippen MR) is 142 cm³/mol. The van der Waals surface area contributed by atoms with E-state index in [0.717, 1.165) is 59.5 Å². The van der Waals surface area contributed by atoms with Crippen molar-refractivity contribution in [1.82, 2.24) is 0 Å². The minimum Gasteiger partial charge on any atom is -0.481 e. The quantitative estimate of drug-likeness (QED) is 0.209. The van der Waals surface area contributed by atoms with Gasteiger partial charge in [0, 0.05) is 21.0 Å². The fraction of sp³-hybridized carbons (Fsp3) is 0.926. The van der Waals surface area contributed by atoms with E-state index in [1.807, 2.05) is 27.7 Å². The average molecular weight is 501 g/mol. The Bertz CT molecular complexity index is 567. The summed E-state index contributed by atoms with van der Waals surface area (Å²) in [5, 5.41) is 21.7. The van der Waals surface area contributed by atoms with Gasteiger partial charge >= 0.3 is 11.9 Å². The van der Waals surface area contributed by atoms with Crippen LogP contribution in [-0.4, -0.2) is 43.2 Å². The molecular formula is C27H48O4S2. The molecule has 0 aromatic carbocycles. The fourth-order valence-electron chi connectivity index (χ4n) is 5.07. The molecule has 4 nitrogen and oxygen atoms in total. The molecule has 2 heterocycles. The summed E-state index contributed by atoms with van der Waals surface area (Å²) in [5.41, 5.74) is -1.17. The Labute approximate surface area is 210 Å². The summed E-state index contributed by atoms with van der Waals surface area (Å²) >= 11 is 4.42. The molecule has 0 aliphatic carbocycles. The Morgan fingerprint density at radius 3 is 1.21 bits per heavy atom. The van der Waals surface area contributed by atoms with E-state index < -0.39 is 22.8 Å². The molecule has 4 atom stereocenters. The van der Waals surface area contributed by atoms with Crippen molar-refractivity contribution in [3.8, 4) is 0 Å². The predicted octanol–water partition coefficient (Wildman–Crippen LogP) is 8.03. The zero-order valence-corrected chi connectivity index (χ0v) is 23.1. The van der Waals surface area contributed by atoms with Gasteiger partial charge in [0.05, 0.1) is 10.8 Å². The van der Waals surface area contributed by atoms with Gasteiger partial charge in [-0.1, -0.05) is 32.1 Å². The maximum absolute atomic E-state index is 11.2. The van der Waals surface area contributed by atoms with Gasteiger partial charge in [0.25, 0.3) is 0 Å². The Hall–Kier alpha value is -0.360. The summed E-state index contributed by atoms with van der Waals surface area (Å²) in [4.78, 5) is 22.4. The maximum atomic E-state index is 11.2. The van der Waals surface area contributed by atoms with Crippen molar-refractivity contribution in [2.45, 2.75) is 145 Å². The molecule has 2 fully saturated rings. The van der Waals surface area contributed by atoms with Crippen molar-refractivity contribution in [3.63, 3.8) is 0 Å². The van der Waals surface area contributed by atoms with Crippen LogP contribution in [-0.2, 0) is 9.59 Å². The number of aliphatic carboxylic acids is 2. The zero-order valence-electron chi connectivity index (χ0n) is 21.4. The molecule has 2 N–H and O–H groups in total. The van der Waals surface area contributed by atoms with E-state index >= 15 is 0 Å². The molecule has 0 spiro atoms. The second kappa shape index (κ2) is 13.7. The summed E-state index contributed by atoms with van der Waals surface area (Å²) in [7, 11) is 0. The Morgan fingerprint density at radius 1 is 0.606 bits per heavy atom. The zero-order chi connectivity index (χ0) is 24.5. The Balaban J connectivity index is 1.49. The first-order chi connectivity index (χ1) is 15.5. The van der Waals surface area contributed by atoms with E-state index in [4.69, 9.17) is 0 Å². The molecule has 2 aliphatic heterocycles. The fourth-order valence-corrected chi connectivity index (χ4v) is 8.46. The highest BCUT2D eigenvalue weighted by Crippen LogP contribution is 2.42. The standard InChI is InChI=1S/C27H48O4S2/c1-26(2,24(28)29)18-7-5-10-20-14-16-22(32-20)12-9-13-23-17-15-21(33-23)11-6-8-19-27(3,4)25(30)31/h20-23H,5-19H2,1-4H3,(H,28,29)(H,30,31). The molecule has 2 aliphatic rings. The molecular weight excluding hydrogens is 452 g/mol. The lowest BCUT2D eigenvalue weighted by Gasteiger charge is -2.19. The molecule has 6 heteroatoms. The van der Waals surface area contributed by atoms with Gasteiger partial charge in [0.2, 0.25) is 0 Å². The first-order valence-corrected chi connectivity index (χ1v) is 15.2. The number of carbonyl (C=O) groups is 2. The van der Waals surface area contributed by atoms with Crippen LogP contribution < -0.4 is 0 Å². The first-order valence-electron chi connectivity index (χ1n) is 13.3. The van der Waals surface area contributed by atoms with E-state index in [-0.39, 0.29) is 0 Å². The average Bonchev–Trinajstić information content (AvgIpc) is 3.38. The van der Waals surface area contributed by atoms with Crippen molar-refractivity contribution in [1.29, 1.82) is 0 Å². The Kier molecular flexibility index (Phi) is 11.9. The van der Waals surface area contributed by atoms with Crippen molar-refractivity contribution in [3.05, 3.63) is 0 Å². The largest absolute Gasteiger partial charge is 0.481 e. The van der Waals surface area contributed by atoms with E-state index in [1.165, 1.54) is 57.8 Å². The highest BCUT2D eigenvalue weighted by molar-refractivity contribution is 8.01. The molecule has 0 radical (unpaired) electrons. The van der Waals surface area contributed by atoms with Crippen molar-refractivity contribution < 1.29 is 19.8 Å². The molecule has 0 aromatic heterocycles. The summed E-state index contributed by atoms with van der Waals surface area (Å²) in [6, 6.07) is 0. The van der Waals surface area contributed by atoms with Crippen LogP contribution in [0.5, 0.6) is 0 Å². The van der Waals surface area contributed by atoms with Crippen LogP contribution in [0.15, 0.2) is 0 Å². The van der Waals surface area contributed by atoms with Gasteiger partial charge in [-0.2, -0.15) is 23.5 Å². The molecule has 33 heavy (non-hydrogen) atoms. The number of carboxylic acid groups (broad SMARTS) is 2. The number of hydrogen-bond donors (Lipinski definition) is 2. The molecule has 4 unspecified atom stereocenters. The third-order valence-electron chi connectivity index (χ3n) is 7.76. The second-order valence-corrected chi connectivity index (χ2v) is 14.9. The topological polar surface area (TPSA) is 74.6 Å². The summed E-state index contributed by atoms with van der Waals surface area (Å²) < 4.78 is 0. The van der Waals surface area contributed by atoms with Crippen LogP contribution in [0.3, 0.4) is 0 Å². The van der Waals surface area contributed by atoms with Crippen LogP contribution in [0.25, 0.3) is 0 Å². The molecule has 2 rings (SSSR count). The number of thioether (sulfide) groups is 2. The Morgan fingerprint density at radius 2 is 0.909 bits per heavy atom. The van der Waals surface area contributed by atoms with Crippen molar-refractivity contribution in [2.75, 3.05) is 0 Å². The van der Waals surface area contributed by atoms with Gasteiger partial charge in [0.1, 0.15) is 0 Å². The van der Waals surface area contributed by atoms with E-state index in [0.29, 0.717) is 0 Å². The molecule has 0 aromatic rings. The first kappa shape index (κ1) is 28.9. The van der Waals surface area contributed by atoms with Gasteiger partial charge in [-0.3, -0.25) is 9.59 Å². The lowest BCUT2D eigenvalue weighted by molar-refractivity contribution is -0.148. The summed E-state index contributed by atoms with van der Waals surface area (Å²) in [6.45, 7) is 7.35. The molecule has 2 saturated heterocycles. The maximum Gasteiger partial charge on any atom is 0.309 e. The second-order valence-electron chi connectivity index (χ2n) is 11.7. The van der Waals surface area contributed by atoms with E-state index in [1.54, 1.807) is 0 Å². The number of unbranched alkanes of at least 4 members (excludes halogenated alkanes) is 2. The lowest BCUT2D eigenvalue weighted by atomic mass is 9.87. The van der Waals surface area contributed by atoms with Gasteiger partial charge in [-0.15, -0.1) is 0 Å². The highest BCUT2D eigenvalue weighted by atomic mass is 32.2. The highest BCUT2D eigenvalue weighted by Gasteiger charge is 2.30. The van der Waals surface area contributed by atoms with Gasteiger partial charge in [0.15, 0.2) is 0 Å². The van der Waals surface area contributed by atoms with Crippen molar-refractivity contribution >= 4 is 35.5 Å². The number of carboxylic acids is 2. The molecule has 0 saturated carbocycles. The lowest BCUT2D eigenvalue weighted by Crippen LogP contribution is -2.23. The minimum atomic E-state index is -0.677. The molecule has 0 amide bonds. The SMILES string of the molecule is CC(C)(CCCCC1CCC(CCCC2CCC(CCCCC(C)(C)C(=O)O)S2)S1)C(=O)O. The van der Waals surface area contributed by atoms with Crippen LogP contribution in [0.2, 0.25) is 0 Å².